The van der Waals surface area contributed by atoms with E-state index < -0.39 is 0 Å². The maximum Gasteiger partial charge on any atom is 0.257 e. The van der Waals surface area contributed by atoms with Gasteiger partial charge in [0, 0.05) is 5.25 Å². The SMILES string of the molecule is C[C@H](Sc1nc2ccccc2o1)c1ccccc1. The van der Waals surface area contributed by atoms with Crippen molar-refractivity contribution in [3.05, 3.63) is 60.2 Å². The summed E-state index contributed by atoms with van der Waals surface area (Å²) in [5.41, 5.74) is 3.05. The Hall–Kier alpha value is -1.74. The van der Waals surface area contributed by atoms with Gasteiger partial charge in [-0.15, -0.1) is 0 Å². The van der Waals surface area contributed by atoms with E-state index in [-0.39, 0.29) is 0 Å². The number of para-hydroxylation sites is 2. The maximum atomic E-state index is 5.71. The van der Waals surface area contributed by atoms with Gasteiger partial charge >= 0.3 is 0 Å². The van der Waals surface area contributed by atoms with E-state index in [0.29, 0.717) is 5.25 Å². The van der Waals surface area contributed by atoms with Gasteiger partial charge in [0.05, 0.1) is 0 Å². The third-order valence-corrected chi connectivity index (χ3v) is 3.82. The molecule has 0 unspecified atom stereocenters. The standard InChI is InChI=1S/C15H13NOS/c1-11(12-7-3-2-4-8-12)18-15-16-13-9-5-6-10-14(13)17-15/h2-11H,1H3/t11-/m0/s1. The van der Waals surface area contributed by atoms with Crippen molar-refractivity contribution in [2.75, 3.05) is 0 Å². The smallest absolute Gasteiger partial charge is 0.257 e. The minimum Gasteiger partial charge on any atom is -0.431 e. The van der Waals surface area contributed by atoms with Crippen LogP contribution in [0, 0.1) is 0 Å². The maximum absolute atomic E-state index is 5.71. The Morgan fingerprint density at radius 2 is 1.72 bits per heavy atom. The zero-order valence-electron chi connectivity index (χ0n) is 10.0. The Morgan fingerprint density at radius 1 is 1.00 bits per heavy atom. The highest BCUT2D eigenvalue weighted by molar-refractivity contribution is 7.99. The van der Waals surface area contributed by atoms with Gasteiger partial charge in [-0.25, -0.2) is 4.98 Å². The second-order valence-electron chi connectivity index (χ2n) is 4.12. The number of hydrogen-bond donors (Lipinski definition) is 0. The Kier molecular flexibility index (Phi) is 3.07. The lowest BCUT2D eigenvalue weighted by molar-refractivity contribution is 0.488. The first-order valence-electron chi connectivity index (χ1n) is 5.90. The third kappa shape index (κ3) is 2.27. The molecule has 90 valence electrons. The molecule has 1 atom stereocenters. The van der Waals surface area contributed by atoms with Crippen LogP contribution in [0.2, 0.25) is 0 Å². The molecule has 0 aliphatic carbocycles. The molecular weight excluding hydrogens is 242 g/mol. The molecule has 18 heavy (non-hydrogen) atoms. The summed E-state index contributed by atoms with van der Waals surface area (Å²) in [4.78, 5) is 4.47. The average Bonchev–Trinajstić information content (AvgIpc) is 2.82. The van der Waals surface area contributed by atoms with Crippen molar-refractivity contribution >= 4 is 22.9 Å². The van der Waals surface area contributed by atoms with Gasteiger partial charge in [-0.1, -0.05) is 54.2 Å². The predicted octanol–water partition coefficient (Wildman–Crippen LogP) is 4.68. The van der Waals surface area contributed by atoms with Gasteiger partial charge in [0.25, 0.3) is 5.22 Å². The fraction of sp³-hybridized carbons (Fsp3) is 0.133. The van der Waals surface area contributed by atoms with E-state index in [9.17, 15) is 0 Å². The van der Waals surface area contributed by atoms with Gasteiger partial charge in [-0.2, -0.15) is 0 Å². The van der Waals surface area contributed by atoms with Crippen molar-refractivity contribution in [1.82, 2.24) is 4.98 Å². The highest BCUT2D eigenvalue weighted by Crippen LogP contribution is 2.35. The number of thioether (sulfide) groups is 1. The summed E-state index contributed by atoms with van der Waals surface area (Å²) in [6.07, 6.45) is 0. The first-order chi connectivity index (χ1) is 8.83. The second-order valence-corrected chi connectivity index (χ2v) is 5.41. The molecule has 0 radical (unpaired) electrons. The Morgan fingerprint density at radius 3 is 2.50 bits per heavy atom. The molecule has 0 fully saturated rings. The predicted molar refractivity (Wildman–Crippen MR) is 74.7 cm³/mol. The largest absolute Gasteiger partial charge is 0.431 e. The van der Waals surface area contributed by atoms with Gasteiger partial charge in [0.1, 0.15) is 5.52 Å². The van der Waals surface area contributed by atoms with E-state index in [2.05, 4.69) is 36.2 Å². The molecule has 0 spiro atoms. The van der Waals surface area contributed by atoms with Gasteiger partial charge in [-0.05, 0) is 24.6 Å². The van der Waals surface area contributed by atoms with Crippen LogP contribution in [-0.4, -0.2) is 4.98 Å². The number of rotatable bonds is 3. The first kappa shape index (κ1) is 11.4. The van der Waals surface area contributed by atoms with Crippen molar-refractivity contribution < 1.29 is 4.42 Å². The van der Waals surface area contributed by atoms with Gasteiger partial charge in [0.15, 0.2) is 5.58 Å². The fourth-order valence-corrected chi connectivity index (χ4v) is 2.73. The van der Waals surface area contributed by atoms with Crippen LogP contribution in [0.4, 0.5) is 0 Å². The number of benzene rings is 2. The van der Waals surface area contributed by atoms with Crippen molar-refractivity contribution in [2.24, 2.45) is 0 Å². The van der Waals surface area contributed by atoms with Crippen LogP contribution in [0.1, 0.15) is 17.7 Å². The summed E-state index contributed by atoms with van der Waals surface area (Å²) >= 11 is 1.64. The van der Waals surface area contributed by atoms with E-state index in [1.807, 2.05) is 30.3 Å². The summed E-state index contributed by atoms with van der Waals surface area (Å²) in [5, 5.41) is 1.06. The number of aromatic nitrogens is 1. The lowest BCUT2D eigenvalue weighted by Gasteiger charge is -2.07. The molecule has 1 aromatic heterocycles. The molecule has 0 aliphatic heterocycles. The Bertz CT molecular complexity index is 615. The highest BCUT2D eigenvalue weighted by atomic mass is 32.2. The lowest BCUT2D eigenvalue weighted by Crippen LogP contribution is -1.87. The molecule has 1 heterocycles. The monoisotopic (exact) mass is 255 g/mol. The van der Waals surface area contributed by atoms with E-state index in [0.717, 1.165) is 16.3 Å². The zero-order valence-corrected chi connectivity index (χ0v) is 10.9. The van der Waals surface area contributed by atoms with Crippen molar-refractivity contribution in [3.63, 3.8) is 0 Å². The normalized spacial score (nSPS) is 12.7. The van der Waals surface area contributed by atoms with Crippen molar-refractivity contribution in [1.29, 1.82) is 0 Å². The van der Waals surface area contributed by atoms with Crippen LogP contribution in [0.25, 0.3) is 11.1 Å². The van der Waals surface area contributed by atoms with Crippen molar-refractivity contribution in [3.8, 4) is 0 Å². The quantitative estimate of drug-likeness (QED) is 0.635. The zero-order chi connectivity index (χ0) is 12.4. The molecule has 0 aliphatic rings. The van der Waals surface area contributed by atoms with Crippen LogP contribution in [-0.2, 0) is 0 Å². The van der Waals surface area contributed by atoms with Crippen LogP contribution < -0.4 is 0 Å². The van der Waals surface area contributed by atoms with Crippen LogP contribution in [0.5, 0.6) is 0 Å². The molecule has 2 nitrogen and oxygen atoms in total. The van der Waals surface area contributed by atoms with E-state index in [4.69, 9.17) is 4.42 Å². The fourth-order valence-electron chi connectivity index (χ4n) is 1.84. The van der Waals surface area contributed by atoms with Crippen molar-refractivity contribution in [2.45, 2.75) is 17.4 Å². The number of oxazole rings is 1. The van der Waals surface area contributed by atoms with Crippen LogP contribution in [0.15, 0.2) is 64.2 Å². The first-order valence-corrected chi connectivity index (χ1v) is 6.78. The van der Waals surface area contributed by atoms with E-state index >= 15 is 0 Å². The molecule has 3 rings (SSSR count). The highest BCUT2D eigenvalue weighted by Gasteiger charge is 2.12. The Labute approximate surface area is 110 Å². The summed E-state index contributed by atoms with van der Waals surface area (Å²) in [5.74, 6) is 0. The van der Waals surface area contributed by atoms with Crippen LogP contribution >= 0.6 is 11.8 Å². The summed E-state index contributed by atoms with van der Waals surface area (Å²) < 4.78 is 5.71. The number of fused-ring (bicyclic) bond motifs is 1. The number of hydrogen-bond acceptors (Lipinski definition) is 3. The molecule has 0 bridgehead atoms. The topological polar surface area (TPSA) is 26.0 Å². The summed E-state index contributed by atoms with van der Waals surface area (Å²) in [6, 6.07) is 18.2. The molecule has 0 N–H and O–H groups in total. The molecule has 2 aromatic carbocycles. The molecule has 3 aromatic rings. The van der Waals surface area contributed by atoms with Crippen LogP contribution in [0.3, 0.4) is 0 Å². The van der Waals surface area contributed by atoms with Gasteiger partial charge in [-0.3, -0.25) is 0 Å². The Balaban J connectivity index is 1.84. The summed E-state index contributed by atoms with van der Waals surface area (Å²) in [7, 11) is 0. The van der Waals surface area contributed by atoms with E-state index in [1.165, 1.54) is 5.56 Å². The molecular formula is C15H13NOS. The van der Waals surface area contributed by atoms with Gasteiger partial charge in [0.2, 0.25) is 0 Å². The molecule has 0 amide bonds. The second kappa shape index (κ2) is 4.86. The lowest BCUT2D eigenvalue weighted by atomic mass is 10.2. The molecule has 0 saturated carbocycles. The molecule has 3 heteroatoms. The number of nitrogens with zero attached hydrogens (tertiary/aromatic N) is 1. The minimum atomic E-state index is 0.333. The summed E-state index contributed by atoms with van der Waals surface area (Å²) in [6.45, 7) is 2.16. The van der Waals surface area contributed by atoms with E-state index in [1.54, 1.807) is 11.8 Å². The van der Waals surface area contributed by atoms with Gasteiger partial charge < -0.3 is 4.42 Å². The minimum absolute atomic E-state index is 0.333. The molecule has 0 saturated heterocycles. The average molecular weight is 255 g/mol. The third-order valence-electron chi connectivity index (χ3n) is 2.82.